The van der Waals surface area contributed by atoms with Crippen molar-refractivity contribution >= 4 is 64.6 Å². The van der Waals surface area contributed by atoms with E-state index in [4.69, 9.17) is 9.97 Å². The van der Waals surface area contributed by atoms with E-state index in [0.717, 1.165) is 39.2 Å². The number of fused-ring (bicyclic) bond motifs is 2. The van der Waals surface area contributed by atoms with Crippen LogP contribution in [0.1, 0.15) is 0 Å². The maximum Gasteiger partial charge on any atom is 0.160 e. The number of rotatable bonds is 4. The lowest BCUT2D eigenvalue weighted by Crippen LogP contribution is -1.96. The fourth-order valence-electron chi connectivity index (χ4n) is 8.26. The molecule has 0 N–H and O–H groups in total. The number of hydrogen-bond acceptors (Lipinski definition) is 3. The zero-order valence-electron chi connectivity index (χ0n) is 28.1. The molecule has 0 fully saturated rings. The van der Waals surface area contributed by atoms with Gasteiger partial charge in [0.15, 0.2) is 5.82 Å². The Kier molecular flexibility index (Phi) is 6.25. The van der Waals surface area contributed by atoms with Crippen molar-refractivity contribution in [2.75, 3.05) is 0 Å². The molecule has 11 aromatic rings. The number of pyridine rings is 1. The summed E-state index contributed by atoms with van der Waals surface area (Å²) in [6.07, 6.45) is 3.70. The molecular formula is C49H29N3. The first kappa shape index (κ1) is 28.8. The van der Waals surface area contributed by atoms with Gasteiger partial charge in [0.1, 0.15) is 0 Å². The third kappa shape index (κ3) is 4.43. The van der Waals surface area contributed by atoms with Gasteiger partial charge in [0.25, 0.3) is 0 Å². The van der Waals surface area contributed by atoms with Crippen molar-refractivity contribution in [1.29, 1.82) is 0 Å². The largest absolute Gasteiger partial charge is 0.264 e. The number of aromatic nitrogens is 3. The van der Waals surface area contributed by atoms with Gasteiger partial charge in [-0.2, -0.15) is 0 Å². The van der Waals surface area contributed by atoms with E-state index in [-0.39, 0.29) is 0 Å². The Morgan fingerprint density at radius 3 is 1.46 bits per heavy atom. The molecule has 9 aromatic carbocycles. The second-order valence-electron chi connectivity index (χ2n) is 13.6. The average Bonchev–Trinajstić information content (AvgIpc) is 3.22. The highest BCUT2D eigenvalue weighted by atomic mass is 14.9. The second-order valence-corrected chi connectivity index (χ2v) is 13.6. The highest BCUT2D eigenvalue weighted by molar-refractivity contribution is 6.37. The van der Waals surface area contributed by atoms with Crippen molar-refractivity contribution in [3.05, 3.63) is 176 Å². The Balaban J connectivity index is 1.23. The molecule has 2 aromatic heterocycles. The van der Waals surface area contributed by atoms with Gasteiger partial charge in [-0.05, 0) is 100 Å². The SMILES string of the molecule is c1ccc(-c2nc(-c3ccc(-c4cccnc4)cc3)cc(-c3cc4ccc5cccc6c7cccc8ccc9cccc(c(c3)c4c56)c9c87)n2)cc1. The van der Waals surface area contributed by atoms with Crippen molar-refractivity contribution in [1.82, 2.24) is 15.0 Å². The predicted molar refractivity (Wildman–Crippen MR) is 218 cm³/mol. The normalized spacial score (nSPS) is 11.8. The van der Waals surface area contributed by atoms with Gasteiger partial charge in [0.05, 0.1) is 11.4 Å². The zero-order chi connectivity index (χ0) is 34.2. The van der Waals surface area contributed by atoms with Crippen LogP contribution in [0.3, 0.4) is 0 Å². The minimum Gasteiger partial charge on any atom is -0.264 e. The first-order chi connectivity index (χ1) is 25.8. The van der Waals surface area contributed by atoms with Crippen LogP contribution in [0, 0.1) is 0 Å². The van der Waals surface area contributed by atoms with Gasteiger partial charge in [-0.15, -0.1) is 0 Å². The Hall–Kier alpha value is -6.97. The smallest absolute Gasteiger partial charge is 0.160 e. The zero-order valence-corrected chi connectivity index (χ0v) is 28.1. The molecule has 3 heteroatoms. The van der Waals surface area contributed by atoms with E-state index >= 15 is 0 Å². The third-order valence-corrected chi connectivity index (χ3v) is 10.7. The topological polar surface area (TPSA) is 38.7 Å². The lowest BCUT2D eigenvalue weighted by molar-refractivity contribution is 1.18. The highest BCUT2D eigenvalue weighted by Crippen LogP contribution is 2.44. The second kappa shape index (κ2) is 11.3. The van der Waals surface area contributed by atoms with E-state index in [1.165, 1.54) is 64.6 Å². The molecule has 0 radical (unpaired) electrons. The van der Waals surface area contributed by atoms with Crippen LogP contribution in [0.15, 0.2) is 176 Å². The van der Waals surface area contributed by atoms with Crippen LogP contribution in [0.25, 0.3) is 110 Å². The van der Waals surface area contributed by atoms with Crippen LogP contribution >= 0.6 is 0 Å². The molecule has 52 heavy (non-hydrogen) atoms. The van der Waals surface area contributed by atoms with Gasteiger partial charge < -0.3 is 0 Å². The fourth-order valence-corrected chi connectivity index (χ4v) is 8.26. The highest BCUT2D eigenvalue weighted by Gasteiger charge is 2.18. The van der Waals surface area contributed by atoms with Crippen molar-refractivity contribution in [3.8, 4) is 45.0 Å². The molecule has 0 aliphatic heterocycles. The van der Waals surface area contributed by atoms with E-state index in [1.807, 2.05) is 30.5 Å². The molecule has 0 saturated carbocycles. The van der Waals surface area contributed by atoms with Crippen LogP contribution < -0.4 is 0 Å². The molecule has 2 heterocycles. The third-order valence-electron chi connectivity index (χ3n) is 10.7. The van der Waals surface area contributed by atoms with Crippen LogP contribution in [0.2, 0.25) is 0 Å². The first-order valence-electron chi connectivity index (χ1n) is 17.7. The fraction of sp³-hybridized carbons (Fsp3) is 0. The van der Waals surface area contributed by atoms with Gasteiger partial charge >= 0.3 is 0 Å². The molecule has 11 rings (SSSR count). The van der Waals surface area contributed by atoms with Gasteiger partial charge in [0, 0.05) is 29.1 Å². The minimum absolute atomic E-state index is 0.703. The number of hydrogen-bond donors (Lipinski definition) is 0. The lowest BCUT2D eigenvalue weighted by Gasteiger charge is -2.17. The van der Waals surface area contributed by atoms with Gasteiger partial charge in [-0.25, -0.2) is 9.97 Å². The molecular weight excluding hydrogens is 631 g/mol. The number of nitrogens with zero attached hydrogens (tertiary/aromatic N) is 3. The summed E-state index contributed by atoms with van der Waals surface area (Å²) in [7, 11) is 0. The van der Waals surface area contributed by atoms with E-state index in [9.17, 15) is 0 Å². The molecule has 0 amide bonds. The molecule has 0 atom stereocenters. The first-order valence-corrected chi connectivity index (χ1v) is 17.7. The summed E-state index contributed by atoms with van der Waals surface area (Å²) in [5.41, 5.74) is 7.05. The molecule has 240 valence electrons. The van der Waals surface area contributed by atoms with E-state index < -0.39 is 0 Å². The Morgan fingerprint density at radius 1 is 0.308 bits per heavy atom. The average molecular weight is 660 g/mol. The van der Waals surface area contributed by atoms with Crippen molar-refractivity contribution in [2.24, 2.45) is 0 Å². The van der Waals surface area contributed by atoms with Crippen LogP contribution in [-0.2, 0) is 0 Å². The maximum absolute atomic E-state index is 5.27. The summed E-state index contributed by atoms with van der Waals surface area (Å²) in [5, 5.41) is 15.1. The summed E-state index contributed by atoms with van der Waals surface area (Å²) in [6, 6.07) is 59.0. The van der Waals surface area contributed by atoms with Gasteiger partial charge in [-0.1, -0.05) is 140 Å². The van der Waals surface area contributed by atoms with Crippen molar-refractivity contribution in [3.63, 3.8) is 0 Å². The summed E-state index contributed by atoms with van der Waals surface area (Å²) in [4.78, 5) is 14.7. The molecule has 3 nitrogen and oxygen atoms in total. The Bertz CT molecular complexity index is 3150. The van der Waals surface area contributed by atoms with Crippen LogP contribution in [-0.4, -0.2) is 15.0 Å². The van der Waals surface area contributed by atoms with E-state index in [2.05, 4.69) is 145 Å². The van der Waals surface area contributed by atoms with Crippen LogP contribution in [0.4, 0.5) is 0 Å². The molecule has 0 saturated heterocycles. The van der Waals surface area contributed by atoms with Crippen LogP contribution in [0.5, 0.6) is 0 Å². The van der Waals surface area contributed by atoms with E-state index in [1.54, 1.807) is 6.20 Å². The monoisotopic (exact) mass is 659 g/mol. The van der Waals surface area contributed by atoms with Gasteiger partial charge in [0.2, 0.25) is 0 Å². The van der Waals surface area contributed by atoms with E-state index in [0.29, 0.717) is 5.82 Å². The molecule has 0 unspecified atom stereocenters. The predicted octanol–water partition coefficient (Wildman–Crippen LogP) is 12.9. The summed E-state index contributed by atoms with van der Waals surface area (Å²) >= 11 is 0. The quantitative estimate of drug-likeness (QED) is 0.177. The summed E-state index contributed by atoms with van der Waals surface area (Å²) in [5.74, 6) is 0.703. The molecule has 0 bridgehead atoms. The number of benzene rings is 8. The Labute approximate surface area is 299 Å². The van der Waals surface area contributed by atoms with Gasteiger partial charge in [-0.3, -0.25) is 4.98 Å². The molecule has 0 aliphatic carbocycles. The summed E-state index contributed by atoms with van der Waals surface area (Å²) < 4.78 is 0. The molecule has 0 spiro atoms. The van der Waals surface area contributed by atoms with Crippen molar-refractivity contribution in [2.45, 2.75) is 0 Å². The standard InChI is InChI=1S/C49H29N3/c1-2-8-35(9-3-1)49-51-43(31-19-17-30(18-20-31)37-13-7-25-50-29-37)28-44(52-49)38-26-36-24-23-34-11-5-15-40-39-14-4-10-32-21-22-33-12-6-16-41(47(33)45(32)39)42(27-38)48(36)46(34)40/h1-29H. The maximum atomic E-state index is 5.27. The summed E-state index contributed by atoms with van der Waals surface area (Å²) in [6.45, 7) is 0. The minimum atomic E-state index is 0.703. The molecule has 0 aliphatic rings. The van der Waals surface area contributed by atoms with Crippen molar-refractivity contribution < 1.29 is 0 Å². The lowest BCUT2D eigenvalue weighted by atomic mass is 9.87. The Morgan fingerprint density at radius 2 is 0.846 bits per heavy atom.